The van der Waals surface area contributed by atoms with Crippen molar-refractivity contribution in [2.75, 3.05) is 32.7 Å². The summed E-state index contributed by atoms with van der Waals surface area (Å²) in [5.74, 6) is 2.87. The van der Waals surface area contributed by atoms with Crippen LogP contribution in [0.5, 0.6) is 0 Å². The van der Waals surface area contributed by atoms with Crippen molar-refractivity contribution < 1.29 is 0 Å². The van der Waals surface area contributed by atoms with Gasteiger partial charge in [0.25, 0.3) is 0 Å². The molecule has 1 aromatic heterocycles. The molecule has 1 saturated carbocycles. The summed E-state index contributed by atoms with van der Waals surface area (Å²) in [6.07, 6.45) is 13.9. The van der Waals surface area contributed by atoms with Crippen molar-refractivity contribution in [2.45, 2.75) is 76.2 Å². The van der Waals surface area contributed by atoms with Crippen molar-refractivity contribution in [3.8, 4) is 0 Å². The van der Waals surface area contributed by atoms with E-state index in [1.165, 1.54) is 101 Å². The van der Waals surface area contributed by atoms with Crippen LogP contribution in [0.25, 0.3) is 11.0 Å². The molecule has 29 heavy (non-hydrogen) atoms. The average Bonchev–Trinajstić information content (AvgIpc) is 2.97. The number of rotatable bonds is 4. The topological polar surface area (TPSA) is 33.1 Å². The fourth-order valence-electron chi connectivity index (χ4n) is 6.08. The van der Waals surface area contributed by atoms with E-state index in [0.717, 1.165) is 19.0 Å². The lowest BCUT2D eigenvalue weighted by Gasteiger charge is -2.36. The zero-order valence-electron chi connectivity index (χ0n) is 18.0. The Morgan fingerprint density at radius 3 is 2.45 bits per heavy atom. The van der Waals surface area contributed by atoms with Crippen molar-refractivity contribution >= 4 is 11.0 Å². The fraction of sp³-hybridized carbons (Fsp3) is 0.720. The van der Waals surface area contributed by atoms with Gasteiger partial charge in [0.05, 0.1) is 11.0 Å². The molecule has 1 aliphatic carbocycles. The molecule has 0 radical (unpaired) electrons. The number of nitrogens with zero attached hydrogens (tertiary/aromatic N) is 3. The molecule has 4 nitrogen and oxygen atoms in total. The molecule has 1 N–H and O–H groups in total. The Bertz CT molecular complexity index is 775. The first kappa shape index (κ1) is 19.6. The number of hydrogen-bond acceptors (Lipinski definition) is 3. The van der Waals surface area contributed by atoms with Crippen LogP contribution in [0.15, 0.2) is 24.3 Å². The lowest BCUT2D eigenvalue weighted by atomic mass is 9.96. The predicted octanol–water partition coefficient (Wildman–Crippen LogP) is 5.11. The third-order valence-electron chi connectivity index (χ3n) is 7.70. The Morgan fingerprint density at radius 2 is 1.69 bits per heavy atom. The molecule has 1 aromatic carbocycles. The van der Waals surface area contributed by atoms with Crippen LogP contribution in [0.3, 0.4) is 0 Å². The van der Waals surface area contributed by atoms with Crippen molar-refractivity contribution in [3.05, 3.63) is 30.1 Å². The highest BCUT2D eigenvalue weighted by Gasteiger charge is 2.29. The minimum atomic E-state index is 0.570. The molecular formula is C25H38N4. The van der Waals surface area contributed by atoms with E-state index in [-0.39, 0.29) is 0 Å². The summed E-state index contributed by atoms with van der Waals surface area (Å²) in [6, 6.07) is 9.43. The SMILES string of the molecule is c1ccc2c(c1)nc([C@@H]1CCCNC1)n2C1CCN(CC2CCCCCC2)CC1. The first-order valence-corrected chi connectivity index (χ1v) is 12.3. The van der Waals surface area contributed by atoms with Gasteiger partial charge in [0, 0.05) is 38.1 Å². The third-order valence-corrected chi connectivity index (χ3v) is 7.70. The van der Waals surface area contributed by atoms with Gasteiger partial charge in [-0.25, -0.2) is 4.98 Å². The summed E-state index contributed by atoms with van der Waals surface area (Å²) in [4.78, 5) is 7.92. The van der Waals surface area contributed by atoms with Gasteiger partial charge in [-0.2, -0.15) is 0 Å². The second kappa shape index (κ2) is 9.18. The lowest BCUT2D eigenvalue weighted by Crippen LogP contribution is -2.38. The minimum absolute atomic E-state index is 0.570. The average molecular weight is 395 g/mol. The van der Waals surface area contributed by atoms with Crippen LogP contribution in [-0.4, -0.2) is 47.2 Å². The van der Waals surface area contributed by atoms with E-state index in [2.05, 4.69) is 39.0 Å². The first-order chi connectivity index (χ1) is 14.4. The zero-order chi connectivity index (χ0) is 19.5. The van der Waals surface area contributed by atoms with E-state index in [9.17, 15) is 0 Å². The summed E-state index contributed by atoms with van der Waals surface area (Å²) in [5, 5.41) is 3.60. The van der Waals surface area contributed by atoms with Crippen LogP contribution >= 0.6 is 0 Å². The summed E-state index contributed by atoms with van der Waals surface area (Å²) < 4.78 is 2.65. The summed E-state index contributed by atoms with van der Waals surface area (Å²) in [5.41, 5.74) is 2.55. The smallest absolute Gasteiger partial charge is 0.114 e. The molecule has 2 aromatic rings. The maximum absolute atomic E-state index is 5.14. The fourth-order valence-corrected chi connectivity index (χ4v) is 6.08. The Hall–Kier alpha value is -1.39. The molecule has 3 heterocycles. The molecule has 0 amide bonds. The van der Waals surface area contributed by atoms with E-state index in [0.29, 0.717) is 12.0 Å². The molecule has 3 fully saturated rings. The number of imidazole rings is 1. The molecule has 3 aliphatic rings. The van der Waals surface area contributed by atoms with E-state index < -0.39 is 0 Å². The largest absolute Gasteiger partial charge is 0.324 e. The molecule has 2 aliphatic heterocycles. The molecule has 2 saturated heterocycles. The quantitative estimate of drug-likeness (QED) is 0.732. The van der Waals surface area contributed by atoms with Gasteiger partial charge in [-0.3, -0.25) is 0 Å². The van der Waals surface area contributed by atoms with Crippen molar-refractivity contribution in [3.63, 3.8) is 0 Å². The Morgan fingerprint density at radius 1 is 0.897 bits per heavy atom. The summed E-state index contributed by atoms with van der Waals surface area (Å²) in [7, 11) is 0. The number of nitrogens with one attached hydrogen (secondary N) is 1. The van der Waals surface area contributed by atoms with Crippen LogP contribution in [0.1, 0.15) is 82.0 Å². The normalized spacial score (nSPS) is 26.0. The van der Waals surface area contributed by atoms with Crippen LogP contribution in [0.2, 0.25) is 0 Å². The van der Waals surface area contributed by atoms with E-state index in [1.807, 2.05) is 0 Å². The Labute approximate surface area is 176 Å². The van der Waals surface area contributed by atoms with Gasteiger partial charge in [-0.15, -0.1) is 0 Å². The molecule has 158 valence electrons. The molecule has 4 heteroatoms. The summed E-state index contributed by atoms with van der Waals surface area (Å²) >= 11 is 0. The second-order valence-electron chi connectivity index (χ2n) is 9.76. The number of para-hydroxylation sites is 2. The van der Waals surface area contributed by atoms with Crippen LogP contribution in [0.4, 0.5) is 0 Å². The Balaban J connectivity index is 1.31. The van der Waals surface area contributed by atoms with Crippen molar-refractivity contribution in [1.29, 1.82) is 0 Å². The molecular weight excluding hydrogens is 356 g/mol. The third kappa shape index (κ3) is 4.39. The second-order valence-corrected chi connectivity index (χ2v) is 9.76. The van der Waals surface area contributed by atoms with E-state index in [4.69, 9.17) is 4.98 Å². The predicted molar refractivity (Wildman–Crippen MR) is 120 cm³/mol. The van der Waals surface area contributed by atoms with Gasteiger partial charge in [-0.05, 0) is 63.1 Å². The monoisotopic (exact) mass is 394 g/mol. The lowest BCUT2D eigenvalue weighted by molar-refractivity contribution is 0.156. The molecule has 5 rings (SSSR count). The van der Waals surface area contributed by atoms with Crippen LogP contribution < -0.4 is 5.32 Å². The maximum Gasteiger partial charge on any atom is 0.114 e. The number of aromatic nitrogens is 2. The van der Waals surface area contributed by atoms with Gasteiger partial charge in [0.15, 0.2) is 0 Å². The number of hydrogen-bond donors (Lipinski definition) is 1. The number of benzene rings is 1. The highest BCUT2D eigenvalue weighted by Crippen LogP contribution is 2.34. The number of fused-ring (bicyclic) bond motifs is 1. The van der Waals surface area contributed by atoms with Crippen LogP contribution in [-0.2, 0) is 0 Å². The maximum atomic E-state index is 5.14. The highest BCUT2D eigenvalue weighted by atomic mass is 15.2. The minimum Gasteiger partial charge on any atom is -0.324 e. The molecule has 0 unspecified atom stereocenters. The van der Waals surface area contributed by atoms with Gasteiger partial charge in [0.1, 0.15) is 5.82 Å². The number of likely N-dealkylation sites (tertiary alicyclic amines) is 1. The standard InChI is InChI=1S/C25H38N4/c1-2-4-9-20(8-3-1)19-28-16-13-22(14-17-28)29-24-12-6-5-11-23(24)27-25(29)21-10-7-15-26-18-21/h5-6,11-12,20-22,26H,1-4,7-10,13-19H2/t21-/m1/s1. The molecule has 0 spiro atoms. The molecule has 0 bridgehead atoms. The first-order valence-electron chi connectivity index (χ1n) is 12.3. The van der Waals surface area contributed by atoms with Crippen molar-refractivity contribution in [2.24, 2.45) is 5.92 Å². The van der Waals surface area contributed by atoms with Gasteiger partial charge in [-0.1, -0.05) is 37.8 Å². The summed E-state index contributed by atoms with van der Waals surface area (Å²) in [6.45, 7) is 6.11. The van der Waals surface area contributed by atoms with E-state index in [1.54, 1.807) is 0 Å². The van der Waals surface area contributed by atoms with Gasteiger partial charge < -0.3 is 14.8 Å². The Kier molecular flexibility index (Phi) is 6.19. The number of piperidine rings is 2. The van der Waals surface area contributed by atoms with Gasteiger partial charge >= 0.3 is 0 Å². The highest BCUT2D eigenvalue weighted by molar-refractivity contribution is 5.76. The van der Waals surface area contributed by atoms with Crippen LogP contribution in [0, 0.1) is 5.92 Å². The zero-order valence-corrected chi connectivity index (χ0v) is 18.0. The van der Waals surface area contributed by atoms with E-state index >= 15 is 0 Å². The molecule has 1 atom stereocenters. The van der Waals surface area contributed by atoms with Crippen molar-refractivity contribution in [1.82, 2.24) is 19.8 Å². The van der Waals surface area contributed by atoms with Gasteiger partial charge in [0.2, 0.25) is 0 Å².